The first-order valence-corrected chi connectivity index (χ1v) is 9.48. The molecule has 0 amide bonds. The average Bonchev–Trinajstić information content (AvgIpc) is 2.90. The van der Waals surface area contributed by atoms with Crippen molar-refractivity contribution in [1.82, 2.24) is 4.98 Å². The quantitative estimate of drug-likeness (QED) is 0.713. The number of benzene rings is 2. The van der Waals surface area contributed by atoms with Gasteiger partial charge in [-0.2, -0.15) is 0 Å². The van der Waals surface area contributed by atoms with E-state index in [0.29, 0.717) is 22.9 Å². The maximum atomic E-state index is 11.5. The summed E-state index contributed by atoms with van der Waals surface area (Å²) in [6, 6.07) is 12.8. The Morgan fingerprint density at radius 3 is 2.59 bits per heavy atom. The number of hydrogen-bond donors (Lipinski definition) is 0. The SMILES string of the molecule is CS(=O)(=O)c1nc2cc(OCc3ccc(Cl)cc3)ccc2s1. The first kappa shape index (κ1) is 15.3. The lowest BCUT2D eigenvalue weighted by Gasteiger charge is -2.06. The van der Waals surface area contributed by atoms with E-state index in [1.807, 2.05) is 36.4 Å². The topological polar surface area (TPSA) is 56.3 Å². The maximum Gasteiger partial charge on any atom is 0.210 e. The molecule has 0 saturated carbocycles. The summed E-state index contributed by atoms with van der Waals surface area (Å²) in [6.07, 6.45) is 1.16. The maximum absolute atomic E-state index is 11.5. The fourth-order valence-electron chi connectivity index (χ4n) is 1.88. The molecule has 114 valence electrons. The second-order valence-electron chi connectivity index (χ2n) is 4.80. The van der Waals surface area contributed by atoms with Crippen LogP contribution in [0.25, 0.3) is 10.2 Å². The van der Waals surface area contributed by atoms with Gasteiger partial charge < -0.3 is 4.74 Å². The van der Waals surface area contributed by atoms with Crippen LogP contribution in [0, 0.1) is 0 Å². The van der Waals surface area contributed by atoms with Crippen LogP contribution in [0.1, 0.15) is 5.56 Å². The van der Waals surface area contributed by atoms with Crippen molar-refractivity contribution in [2.24, 2.45) is 0 Å². The number of hydrogen-bond acceptors (Lipinski definition) is 5. The number of nitrogens with zero attached hydrogens (tertiary/aromatic N) is 1. The molecule has 3 rings (SSSR count). The highest BCUT2D eigenvalue weighted by atomic mass is 35.5. The van der Waals surface area contributed by atoms with Gasteiger partial charge in [0.15, 0.2) is 0 Å². The van der Waals surface area contributed by atoms with E-state index >= 15 is 0 Å². The molecule has 0 radical (unpaired) electrons. The molecule has 0 atom stereocenters. The van der Waals surface area contributed by atoms with Gasteiger partial charge in [-0.1, -0.05) is 23.7 Å². The zero-order valence-corrected chi connectivity index (χ0v) is 14.0. The van der Waals surface area contributed by atoms with Crippen molar-refractivity contribution in [2.45, 2.75) is 10.9 Å². The van der Waals surface area contributed by atoms with Gasteiger partial charge in [0.05, 0.1) is 10.2 Å². The minimum absolute atomic E-state index is 0.123. The van der Waals surface area contributed by atoms with Crippen molar-refractivity contribution >= 4 is 43.0 Å². The van der Waals surface area contributed by atoms with Crippen LogP contribution in [0.2, 0.25) is 5.02 Å². The zero-order chi connectivity index (χ0) is 15.7. The van der Waals surface area contributed by atoms with E-state index in [1.54, 1.807) is 6.07 Å². The van der Waals surface area contributed by atoms with Gasteiger partial charge in [-0.25, -0.2) is 13.4 Å². The highest BCUT2D eigenvalue weighted by Crippen LogP contribution is 2.28. The van der Waals surface area contributed by atoms with Gasteiger partial charge in [-0.05, 0) is 29.8 Å². The Labute approximate surface area is 137 Å². The average molecular weight is 354 g/mol. The lowest BCUT2D eigenvalue weighted by Crippen LogP contribution is -1.95. The van der Waals surface area contributed by atoms with Crippen molar-refractivity contribution in [3.63, 3.8) is 0 Å². The van der Waals surface area contributed by atoms with E-state index in [-0.39, 0.29) is 4.34 Å². The number of thiazole rings is 1. The van der Waals surface area contributed by atoms with Crippen molar-refractivity contribution in [1.29, 1.82) is 0 Å². The van der Waals surface area contributed by atoms with Gasteiger partial charge in [0.1, 0.15) is 12.4 Å². The molecule has 0 saturated heterocycles. The van der Waals surface area contributed by atoms with Gasteiger partial charge in [-0.3, -0.25) is 0 Å². The lowest BCUT2D eigenvalue weighted by atomic mass is 10.2. The first-order valence-electron chi connectivity index (χ1n) is 6.40. The number of ether oxygens (including phenoxy) is 1. The van der Waals surface area contributed by atoms with Gasteiger partial charge in [-0.15, -0.1) is 11.3 Å². The Morgan fingerprint density at radius 2 is 1.91 bits per heavy atom. The first-order chi connectivity index (χ1) is 10.4. The van der Waals surface area contributed by atoms with Crippen molar-refractivity contribution < 1.29 is 13.2 Å². The third kappa shape index (κ3) is 3.40. The van der Waals surface area contributed by atoms with Crippen LogP contribution in [-0.2, 0) is 16.4 Å². The van der Waals surface area contributed by atoms with Crippen LogP contribution in [0.3, 0.4) is 0 Å². The number of aromatic nitrogens is 1. The van der Waals surface area contributed by atoms with Gasteiger partial charge in [0, 0.05) is 17.3 Å². The predicted octanol–water partition coefficient (Wildman–Crippen LogP) is 3.93. The summed E-state index contributed by atoms with van der Waals surface area (Å²) in [5, 5.41) is 0.681. The van der Waals surface area contributed by atoms with E-state index in [9.17, 15) is 8.42 Å². The minimum Gasteiger partial charge on any atom is -0.489 e. The monoisotopic (exact) mass is 353 g/mol. The summed E-state index contributed by atoms with van der Waals surface area (Å²) in [7, 11) is -3.28. The summed E-state index contributed by atoms with van der Waals surface area (Å²) in [5.41, 5.74) is 1.62. The molecule has 0 aliphatic rings. The molecule has 1 heterocycles. The van der Waals surface area contributed by atoms with Crippen LogP contribution in [0.4, 0.5) is 0 Å². The molecular weight excluding hydrogens is 342 g/mol. The fraction of sp³-hybridized carbons (Fsp3) is 0.133. The summed E-state index contributed by atoms with van der Waals surface area (Å²) in [5.74, 6) is 0.646. The molecule has 7 heteroatoms. The number of rotatable bonds is 4. The van der Waals surface area contributed by atoms with E-state index in [2.05, 4.69) is 4.98 Å². The summed E-state index contributed by atoms with van der Waals surface area (Å²) >= 11 is 7.00. The minimum atomic E-state index is -3.28. The van der Waals surface area contributed by atoms with Crippen LogP contribution in [0.15, 0.2) is 46.8 Å². The summed E-state index contributed by atoms with van der Waals surface area (Å²) in [6.45, 7) is 0.408. The van der Waals surface area contributed by atoms with Crippen LogP contribution < -0.4 is 4.74 Å². The van der Waals surface area contributed by atoms with Gasteiger partial charge >= 0.3 is 0 Å². The lowest BCUT2D eigenvalue weighted by molar-refractivity contribution is 0.306. The summed E-state index contributed by atoms with van der Waals surface area (Å²) in [4.78, 5) is 4.14. The summed E-state index contributed by atoms with van der Waals surface area (Å²) < 4.78 is 29.7. The second-order valence-corrected chi connectivity index (χ2v) is 8.45. The van der Waals surface area contributed by atoms with E-state index in [4.69, 9.17) is 16.3 Å². The Bertz CT molecular complexity index is 918. The highest BCUT2D eigenvalue weighted by Gasteiger charge is 2.14. The molecule has 1 aromatic heterocycles. The molecule has 4 nitrogen and oxygen atoms in total. The van der Waals surface area contributed by atoms with E-state index in [0.717, 1.165) is 27.9 Å². The standard InChI is InChI=1S/C15H12ClNO3S2/c1-22(18,19)15-17-13-8-12(6-7-14(13)21-15)20-9-10-2-4-11(16)5-3-10/h2-8H,9H2,1H3. The fourth-order valence-corrected chi connectivity index (χ4v) is 3.82. The number of sulfone groups is 1. The molecule has 22 heavy (non-hydrogen) atoms. The molecule has 0 unspecified atom stereocenters. The van der Waals surface area contributed by atoms with E-state index < -0.39 is 9.84 Å². The van der Waals surface area contributed by atoms with E-state index in [1.165, 1.54) is 0 Å². The number of halogens is 1. The van der Waals surface area contributed by atoms with Crippen molar-refractivity contribution in [3.05, 3.63) is 53.1 Å². The zero-order valence-electron chi connectivity index (χ0n) is 11.6. The van der Waals surface area contributed by atoms with Gasteiger partial charge in [0.25, 0.3) is 0 Å². The molecule has 0 fully saturated rings. The molecule has 3 aromatic rings. The molecule has 0 bridgehead atoms. The smallest absolute Gasteiger partial charge is 0.210 e. The normalized spacial score (nSPS) is 11.7. The third-order valence-electron chi connectivity index (χ3n) is 2.98. The highest BCUT2D eigenvalue weighted by molar-refractivity contribution is 7.92. The number of fused-ring (bicyclic) bond motifs is 1. The van der Waals surface area contributed by atoms with Crippen LogP contribution in [-0.4, -0.2) is 19.7 Å². The molecule has 0 aliphatic carbocycles. The van der Waals surface area contributed by atoms with Crippen molar-refractivity contribution in [3.8, 4) is 5.75 Å². The predicted molar refractivity (Wildman–Crippen MR) is 88.5 cm³/mol. The van der Waals surface area contributed by atoms with Gasteiger partial charge in [0.2, 0.25) is 14.2 Å². The Balaban J connectivity index is 1.81. The van der Waals surface area contributed by atoms with Crippen molar-refractivity contribution in [2.75, 3.05) is 6.26 Å². The molecule has 0 spiro atoms. The van der Waals surface area contributed by atoms with Crippen LogP contribution in [0.5, 0.6) is 5.75 Å². The molecule has 2 aromatic carbocycles. The second kappa shape index (κ2) is 5.87. The Morgan fingerprint density at radius 1 is 1.18 bits per heavy atom. The largest absolute Gasteiger partial charge is 0.489 e. The van der Waals surface area contributed by atoms with Crippen LogP contribution >= 0.6 is 22.9 Å². The molecule has 0 N–H and O–H groups in total. The molecular formula is C15H12ClNO3S2. The Kier molecular flexibility index (Phi) is 4.08. The third-order valence-corrected chi connectivity index (χ3v) is 5.94. The Hall–Kier alpha value is -1.63. The molecule has 0 aliphatic heterocycles.